The Labute approximate surface area is 140 Å². The number of ketones is 1. The van der Waals surface area contributed by atoms with E-state index in [9.17, 15) is 9.59 Å². The number of hydrogen-bond acceptors (Lipinski definition) is 2. The summed E-state index contributed by atoms with van der Waals surface area (Å²) >= 11 is 0. The number of rotatable bonds is 2. The molecule has 3 fully saturated rings. The lowest BCUT2D eigenvalue weighted by Gasteiger charge is -2.57. The van der Waals surface area contributed by atoms with E-state index >= 15 is 0 Å². The van der Waals surface area contributed by atoms with Gasteiger partial charge in [-0.05, 0) is 87.9 Å². The predicted molar refractivity (Wildman–Crippen MR) is 90.9 cm³/mol. The van der Waals surface area contributed by atoms with E-state index in [0.717, 1.165) is 31.6 Å². The van der Waals surface area contributed by atoms with Crippen LogP contribution >= 0.6 is 0 Å². The Balaban J connectivity index is 1.70. The van der Waals surface area contributed by atoms with Gasteiger partial charge in [-0.25, -0.2) is 0 Å². The summed E-state index contributed by atoms with van der Waals surface area (Å²) in [7, 11) is 0. The number of aldehydes is 1. The normalized spacial score (nSPS) is 48.7. The molecule has 0 aromatic rings. The molecule has 0 bridgehead atoms. The predicted octanol–water partition coefficient (Wildman–Crippen LogP) is 4.72. The molecule has 0 aromatic heterocycles. The highest BCUT2D eigenvalue weighted by Gasteiger charge is 2.61. The van der Waals surface area contributed by atoms with Crippen molar-refractivity contribution in [1.82, 2.24) is 0 Å². The lowest BCUT2D eigenvalue weighted by Crippen LogP contribution is -2.52. The van der Waals surface area contributed by atoms with Crippen molar-refractivity contribution in [3.63, 3.8) is 0 Å². The molecule has 3 saturated carbocycles. The second-order valence-corrected chi connectivity index (χ2v) is 8.96. The molecule has 0 aliphatic heterocycles. The molecule has 0 amide bonds. The van der Waals surface area contributed by atoms with Crippen molar-refractivity contribution in [2.75, 3.05) is 0 Å². The Kier molecular flexibility index (Phi) is 3.59. The molecular formula is C21H30O2. The zero-order chi connectivity index (χ0) is 16.2. The molecule has 0 saturated heterocycles. The van der Waals surface area contributed by atoms with E-state index < -0.39 is 0 Å². The molecule has 0 aromatic carbocycles. The van der Waals surface area contributed by atoms with Gasteiger partial charge >= 0.3 is 0 Å². The summed E-state index contributed by atoms with van der Waals surface area (Å²) in [5.41, 5.74) is 1.77. The first-order valence-corrected chi connectivity index (χ1v) is 9.69. The lowest BCUT2D eigenvalue weighted by molar-refractivity contribution is -0.139. The molecule has 2 nitrogen and oxygen atoms in total. The summed E-state index contributed by atoms with van der Waals surface area (Å²) in [6.07, 6.45) is 14.3. The number of carbonyl (C=O) groups excluding carboxylic acids is 2. The van der Waals surface area contributed by atoms with Crippen molar-refractivity contribution in [2.45, 2.75) is 71.6 Å². The Morgan fingerprint density at radius 3 is 2.74 bits per heavy atom. The third kappa shape index (κ3) is 1.99. The average molecular weight is 314 g/mol. The van der Waals surface area contributed by atoms with E-state index in [1.54, 1.807) is 12.5 Å². The minimum atomic E-state index is -0.320. The second-order valence-electron chi connectivity index (χ2n) is 8.96. The van der Waals surface area contributed by atoms with Gasteiger partial charge in [-0.2, -0.15) is 0 Å². The Morgan fingerprint density at radius 2 is 2.00 bits per heavy atom. The van der Waals surface area contributed by atoms with Crippen LogP contribution in [0.15, 0.2) is 11.6 Å². The fourth-order valence-corrected chi connectivity index (χ4v) is 7.29. The summed E-state index contributed by atoms with van der Waals surface area (Å²) in [6.45, 7) is 4.20. The Hall–Kier alpha value is -0.920. The molecule has 4 aliphatic carbocycles. The maximum atomic E-state index is 12.2. The number of fused-ring (bicyclic) bond motifs is 5. The molecule has 23 heavy (non-hydrogen) atoms. The van der Waals surface area contributed by atoms with E-state index in [0.29, 0.717) is 17.3 Å². The highest BCUT2D eigenvalue weighted by atomic mass is 16.1. The SMILES string of the molecule is CC(=O)[C@H]1CC[C@H]2[C@@H]3CCC4=CCCC[C@]4(C)[C@H]3CC[C@]12C=O. The van der Waals surface area contributed by atoms with Gasteiger partial charge in [0.25, 0.3) is 0 Å². The highest BCUT2D eigenvalue weighted by Crippen LogP contribution is 2.66. The van der Waals surface area contributed by atoms with E-state index in [1.807, 2.05) is 0 Å². The van der Waals surface area contributed by atoms with E-state index in [-0.39, 0.29) is 17.1 Å². The Morgan fingerprint density at radius 1 is 1.17 bits per heavy atom. The van der Waals surface area contributed by atoms with Crippen LogP contribution in [0.2, 0.25) is 0 Å². The summed E-state index contributed by atoms with van der Waals surface area (Å²) in [5, 5.41) is 0. The van der Waals surface area contributed by atoms with Crippen LogP contribution in [-0.2, 0) is 9.59 Å². The van der Waals surface area contributed by atoms with E-state index in [4.69, 9.17) is 0 Å². The number of carbonyl (C=O) groups is 2. The standard InChI is InChI=1S/C21H30O2/c1-14(23)17-8-9-19-16-7-6-15-5-3-4-11-20(15,2)18(16)10-12-21(17,19)13-22/h5,13,16-19H,3-4,6-12H2,1-2H3/t16-,17-,18+,19+,20+,21+/m1/s1. The van der Waals surface area contributed by atoms with Crippen molar-refractivity contribution in [3.8, 4) is 0 Å². The molecule has 4 aliphatic rings. The second kappa shape index (κ2) is 5.29. The summed E-state index contributed by atoms with van der Waals surface area (Å²) < 4.78 is 0. The maximum absolute atomic E-state index is 12.2. The first-order chi connectivity index (χ1) is 11.0. The minimum absolute atomic E-state index is 0.00190. The molecule has 0 radical (unpaired) electrons. The van der Waals surface area contributed by atoms with Crippen LogP contribution in [0.4, 0.5) is 0 Å². The van der Waals surface area contributed by atoms with Gasteiger partial charge in [0.15, 0.2) is 0 Å². The van der Waals surface area contributed by atoms with Crippen molar-refractivity contribution in [2.24, 2.45) is 34.5 Å². The number of hydrogen-bond donors (Lipinski definition) is 0. The molecule has 2 heteroatoms. The quantitative estimate of drug-likeness (QED) is 0.546. The molecule has 4 rings (SSSR count). The van der Waals surface area contributed by atoms with Gasteiger partial charge in [0.2, 0.25) is 0 Å². The minimum Gasteiger partial charge on any atom is -0.303 e. The topological polar surface area (TPSA) is 34.1 Å². The summed E-state index contributed by atoms with van der Waals surface area (Å²) in [4.78, 5) is 24.3. The van der Waals surface area contributed by atoms with Gasteiger partial charge in [0.1, 0.15) is 12.1 Å². The average Bonchev–Trinajstić information content (AvgIpc) is 2.94. The van der Waals surface area contributed by atoms with Crippen LogP contribution in [0.25, 0.3) is 0 Å². The van der Waals surface area contributed by atoms with Gasteiger partial charge in [-0.15, -0.1) is 0 Å². The fourth-order valence-electron chi connectivity index (χ4n) is 7.29. The van der Waals surface area contributed by atoms with Crippen LogP contribution in [0.5, 0.6) is 0 Å². The molecule has 0 spiro atoms. The van der Waals surface area contributed by atoms with Gasteiger partial charge < -0.3 is 4.79 Å². The van der Waals surface area contributed by atoms with Crippen LogP contribution in [-0.4, -0.2) is 12.1 Å². The number of allylic oxidation sites excluding steroid dienone is 2. The van der Waals surface area contributed by atoms with Crippen LogP contribution in [0, 0.1) is 34.5 Å². The molecule has 0 heterocycles. The smallest absolute Gasteiger partial charge is 0.133 e. The van der Waals surface area contributed by atoms with Crippen molar-refractivity contribution >= 4 is 12.1 Å². The zero-order valence-electron chi connectivity index (χ0n) is 14.6. The summed E-state index contributed by atoms with van der Waals surface area (Å²) in [5.74, 6) is 2.12. The molecule has 0 N–H and O–H groups in total. The van der Waals surface area contributed by atoms with Crippen LogP contribution < -0.4 is 0 Å². The van der Waals surface area contributed by atoms with Crippen molar-refractivity contribution in [3.05, 3.63) is 11.6 Å². The van der Waals surface area contributed by atoms with Gasteiger partial charge in [-0.3, -0.25) is 4.79 Å². The van der Waals surface area contributed by atoms with E-state index in [1.165, 1.54) is 38.4 Å². The maximum Gasteiger partial charge on any atom is 0.133 e. The third-order valence-corrected chi connectivity index (χ3v) is 8.33. The molecule has 0 unspecified atom stereocenters. The van der Waals surface area contributed by atoms with E-state index in [2.05, 4.69) is 13.0 Å². The zero-order valence-corrected chi connectivity index (χ0v) is 14.6. The summed E-state index contributed by atoms with van der Waals surface area (Å²) in [6, 6.07) is 0. The lowest BCUT2D eigenvalue weighted by atomic mass is 9.46. The fraction of sp³-hybridized carbons (Fsp3) is 0.810. The van der Waals surface area contributed by atoms with Crippen LogP contribution in [0.1, 0.15) is 71.6 Å². The van der Waals surface area contributed by atoms with Gasteiger partial charge in [-0.1, -0.05) is 18.6 Å². The largest absolute Gasteiger partial charge is 0.303 e. The Bertz CT molecular complexity index is 562. The number of Topliss-reactive ketones (excluding diaryl/α,β-unsaturated/α-hetero) is 1. The van der Waals surface area contributed by atoms with Crippen LogP contribution in [0.3, 0.4) is 0 Å². The van der Waals surface area contributed by atoms with Crippen molar-refractivity contribution in [1.29, 1.82) is 0 Å². The first kappa shape index (κ1) is 15.6. The third-order valence-electron chi connectivity index (χ3n) is 8.33. The van der Waals surface area contributed by atoms with Gasteiger partial charge in [0, 0.05) is 11.3 Å². The molecule has 126 valence electrons. The van der Waals surface area contributed by atoms with Gasteiger partial charge in [0.05, 0.1) is 0 Å². The molecule has 6 atom stereocenters. The molecular weight excluding hydrogens is 284 g/mol. The highest BCUT2D eigenvalue weighted by molar-refractivity contribution is 5.84. The monoisotopic (exact) mass is 314 g/mol. The van der Waals surface area contributed by atoms with Crippen molar-refractivity contribution < 1.29 is 9.59 Å². The first-order valence-electron chi connectivity index (χ1n) is 9.69.